The van der Waals surface area contributed by atoms with Gasteiger partial charge < -0.3 is 20.1 Å². The monoisotopic (exact) mass is 300 g/mol. The minimum atomic E-state index is -0.933. The molecule has 2 N–H and O–H groups in total. The zero-order valence-corrected chi connectivity index (χ0v) is 12.8. The van der Waals surface area contributed by atoms with Gasteiger partial charge >= 0.3 is 18.0 Å². The Labute approximate surface area is 124 Å². The molecule has 0 aromatic rings. The third kappa shape index (κ3) is 3.86. The summed E-state index contributed by atoms with van der Waals surface area (Å²) in [5.74, 6) is -1.50. The maximum atomic E-state index is 12.1. The third-order valence-corrected chi connectivity index (χ3v) is 4.40. The molecular weight excluding hydrogens is 276 g/mol. The number of rotatable bonds is 6. The van der Waals surface area contributed by atoms with Crippen LogP contribution in [0.25, 0.3) is 0 Å². The number of aliphatic carboxylic acids is 1. The molecule has 0 bridgehead atoms. The van der Waals surface area contributed by atoms with Crippen LogP contribution in [0.2, 0.25) is 0 Å². The fourth-order valence-corrected chi connectivity index (χ4v) is 2.54. The van der Waals surface area contributed by atoms with E-state index in [4.69, 9.17) is 0 Å². The molecule has 2 amide bonds. The topological polar surface area (TPSA) is 95.9 Å². The molecule has 120 valence electrons. The molecule has 7 heteroatoms. The van der Waals surface area contributed by atoms with Crippen molar-refractivity contribution >= 4 is 18.0 Å². The van der Waals surface area contributed by atoms with Gasteiger partial charge in [-0.1, -0.05) is 13.8 Å². The number of hydrogen-bond donors (Lipinski definition) is 2. The summed E-state index contributed by atoms with van der Waals surface area (Å²) in [5, 5.41) is 12.0. The fourth-order valence-electron chi connectivity index (χ4n) is 2.54. The summed E-state index contributed by atoms with van der Waals surface area (Å²) in [4.78, 5) is 36.4. The first-order valence-corrected chi connectivity index (χ1v) is 7.24. The smallest absolute Gasteiger partial charge is 0.317 e. The fraction of sp³-hybridized carbons (Fsp3) is 0.786. The van der Waals surface area contributed by atoms with E-state index in [1.165, 1.54) is 12.0 Å². The molecule has 0 radical (unpaired) electrons. The van der Waals surface area contributed by atoms with Gasteiger partial charge in [-0.3, -0.25) is 9.59 Å². The lowest BCUT2D eigenvalue weighted by atomic mass is 9.82. The van der Waals surface area contributed by atoms with E-state index in [1.807, 2.05) is 0 Å². The summed E-state index contributed by atoms with van der Waals surface area (Å²) in [6.07, 6.45) is 1.47. The van der Waals surface area contributed by atoms with Gasteiger partial charge in [0.05, 0.1) is 18.4 Å². The van der Waals surface area contributed by atoms with Gasteiger partial charge in [0, 0.05) is 19.6 Å². The van der Waals surface area contributed by atoms with Gasteiger partial charge in [0.25, 0.3) is 0 Å². The molecule has 0 aromatic carbocycles. The van der Waals surface area contributed by atoms with E-state index < -0.39 is 11.4 Å². The molecule has 1 aliphatic rings. The van der Waals surface area contributed by atoms with Gasteiger partial charge in [-0.25, -0.2) is 4.79 Å². The summed E-state index contributed by atoms with van der Waals surface area (Å²) in [7, 11) is 1.33. The Morgan fingerprint density at radius 2 is 1.95 bits per heavy atom. The van der Waals surface area contributed by atoms with Crippen LogP contribution < -0.4 is 5.32 Å². The number of methoxy groups -OCH3 is 1. The number of carbonyl (C=O) groups is 3. The quantitative estimate of drug-likeness (QED) is 0.716. The van der Waals surface area contributed by atoms with Crippen LogP contribution in [0.3, 0.4) is 0 Å². The zero-order chi connectivity index (χ0) is 16.0. The number of hydrogen-bond acceptors (Lipinski definition) is 4. The minimum Gasteiger partial charge on any atom is -0.481 e. The number of carboxylic acids is 1. The van der Waals surface area contributed by atoms with Crippen molar-refractivity contribution in [3.05, 3.63) is 0 Å². The van der Waals surface area contributed by atoms with Crippen LogP contribution in [0.4, 0.5) is 4.79 Å². The highest BCUT2D eigenvalue weighted by molar-refractivity contribution is 5.79. The second-order valence-electron chi connectivity index (χ2n) is 5.41. The Morgan fingerprint density at radius 1 is 1.33 bits per heavy atom. The van der Waals surface area contributed by atoms with Gasteiger partial charge in [0.15, 0.2) is 0 Å². The van der Waals surface area contributed by atoms with Gasteiger partial charge in [0.1, 0.15) is 0 Å². The van der Waals surface area contributed by atoms with Gasteiger partial charge in [-0.15, -0.1) is 0 Å². The number of likely N-dealkylation sites (tertiary alicyclic amines) is 1. The average Bonchev–Trinajstić information content (AvgIpc) is 2.97. The first-order valence-electron chi connectivity index (χ1n) is 7.24. The van der Waals surface area contributed by atoms with Crippen molar-refractivity contribution in [2.75, 3.05) is 26.7 Å². The van der Waals surface area contributed by atoms with E-state index in [-0.39, 0.29) is 24.5 Å². The standard InChI is InChI=1S/C14H24N2O5/c1-4-14(5-2,12(18)19)9-15-13(20)16-7-6-10(8-16)11(17)21-3/h10H,4-9H2,1-3H3,(H,15,20)(H,18,19). The number of carbonyl (C=O) groups excluding carboxylic acids is 2. The lowest BCUT2D eigenvalue weighted by Crippen LogP contribution is -2.47. The van der Waals surface area contributed by atoms with Crippen molar-refractivity contribution in [3.63, 3.8) is 0 Å². The van der Waals surface area contributed by atoms with Crippen molar-refractivity contribution in [1.82, 2.24) is 10.2 Å². The largest absolute Gasteiger partial charge is 0.481 e. The highest BCUT2D eigenvalue weighted by atomic mass is 16.5. The molecule has 0 spiro atoms. The minimum absolute atomic E-state index is 0.0908. The highest BCUT2D eigenvalue weighted by Gasteiger charge is 2.37. The lowest BCUT2D eigenvalue weighted by Gasteiger charge is -2.28. The van der Waals surface area contributed by atoms with Crippen molar-refractivity contribution in [3.8, 4) is 0 Å². The Morgan fingerprint density at radius 3 is 2.43 bits per heavy atom. The summed E-state index contributed by atoms with van der Waals surface area (Å²) < 4.78 is 4.67. The van der Waals surface area contributed by atoms with E-state index in [0.29, 0.717) is 32.4 Å². The number of nitrogens with one attached hydrogen (secondary N) is 1. The molecule has 1 heterocycles. The van der Waals surface area contributed by atoms with Crippen LogP contribution in [0.5, 0.6) is 0 Å². The van der Waals surface area contributed by atoms with Crippen molar-refractivity contribution in [2.45, 2.75) is 33.1 Å². The summed E-state index contributed by atoms with van der Waals surface area (Å²) in [6.45, 7) is 4.48. The van der Waals surface area contributed by atoms with E-state index in [0.717, 1.165) is 0 Å². The van der Waals surface area contributed by atoms with Crippen molar-refractivity contribution in [2.24, 2.45) is 11.3 Å². The number of ether oxygens (including phenoxy) is 1. The molecule has 1 fully saturated rings. The first-order chi connectivity index (χ1) is 9.90. The van der Waals surface area contributed by atoms with Crippen molar-refractivity contribution in [1.29, 1.82) is 0 Å². The molecule has 1 atom stereocenters. The molecular formula is C14H24N2O5. The van der Waals surface area contributed by atoms with E-state index in [9.17, 15) is 19.5 Å². The van der Waals surface area contributed by atoms with Crippen LogP contribution in [0, 0.1) is 11.3 Å². The molecule has 0 saturated carbocycles. The van der Waals surface area contributed by atoms with Crippen LogP contribution in [-0.4, -0.2) is 54.7 Å². The second kappa shape index (κ2) is 7.28. The summed E-state index contributed by atoms with van der Waals surface area (Å²) >= 11 is 0. The van der Waals surface area contributed by atoms with Gasteiger partial charge in [0.2, 0.25) is 0 Å². The zero-order valence-electron chi connectivity index (χ0n) is 12.8. The molecule has 7 nitrogen and oxygen atoms in total. The van der Waals surface area contributed by atoms with E-state index in [2.05, 4.69) is 10.1 Å². The number of esters is 1. The Hall–Kier alpha value is -1.79. The van der Waals surface area contributed by atoms with E-state index in [1.54, 1.807) is 13.8 Å². The SMILES string of the molecule is CCC(CC)(CNC(=O)N1CCC(C(=O)OC)C1)C(=O)O. The van der Waals surface area contributed by atoms with E-state index >= 15 is 0 Å². The molecule has 0 aliphatic carbocycles. The maximum Gasteiger partial charge on any atom is 0.317 e. The van der Waals surface area contributed by atoms with Crippen molar-refractivity contribution < 1.29 is 24.2 Å². The number of urea groups is 1. The maximum absolute atomic E-state index is 12.1. The average molecular weight is 300 g/mol. The number of nitrogens with zero attached hydrogens (tertiary/aromatic N) is 1. The van der Waals surface area contributed by atoms with Crippen LogP contribution in [-0.2, 0) is 14.3 Å². The highest BCUT2D eigenvalue weighted by Crippen LogP contribution is 2.26. The summed E-state index contributed by atoms with van der Waals surface area (Å²) in [6, 6.07) is -0.325. The normalized spacial score (nSPS) is 18.4. The third-order valence-electron chi connectivity index (χ3n) is 4.40. The molecule has 1 unspecified atom stereocenters. The van der Waals surface area contributed by atoms with Gasteiger partial charge in [-0.05, 0) is 19.3 Å². The molecule has 1 aliphatic heterocycles. The van der Waals surface area contributed by atoms with Crippen LogP contribution in [0.15, 0.2) is 0 Å². The first kappa shape index (κ1) is 17.3. The van der Waals surface area contributed by atoms with Gasteiger partial charge in [-0.2, -0.15) is 0 Å². The number of carboxylic acid groups (broad SMARTS) is 1. The predicted molar refractivity (Wildman–Crippen MR) is 75.7 cm³/mol. The Bertz CT molecular complexity index is 406. The number of amides is 2. The Kier molecular flexibility index (Phi) is 5.99. The molecule has 1 saturated heterocycles. The lowest BCUT2D eigenvalue weighted by molar-refractivity contribution is -0.149. The summed E-state index contributed by atoms with van der Waals surface area (Å²) in [5.41, 5.74) is -0.933. The predicted octanol–water partition coefficient (Wildman–Crippen LogP) is 1.08. The molecule has 0 aromatic heterocycles. The Balaban J connectivity index is 2.55. The van der Waals surface area contributed by atoms with Crippen LogP contribution in [0.1, 0.15) is 33.1 Å². The molecule has 1 rings (SSSR count). The molecule has 21 heavy (non-hydrogen) atoms. The van der Waals surface area contributed by atoms with Crippen LogP contribution >= 0.6 is 0 Å². The second-order valence-corrected chi connectivity index (χ2v) is 5.41.